The molecular formula is C10H15NO3. The van der Waals surface area contributed by atoms with E-state index in [0.717, 1.165) is 5.56 Å². The SMILES string of the molecule is CCOC(=O)CN(C)Cc1ccoc1. The van der Waals surface area contributed by atoms with Gasteiger partial charge >= 0.3 is 5.97 Å². The summed E-state index contributed by atoms with van der Waals surface area (Å²) in [5, 5.41) is 0. The first-order chi connectivity index (χ1) is 6.72. The summed E-state index contributed by atoms with van der Waals surface area (Å²) in [5.41, 5.74) is 1.05. The maximum atomic E-state index is 11.1. The number of likely N-dealkylation sites (N-methyl/N-ethyl adjacent to an activating group) is 1. The molecule has 0 aliphatic rings. The minimum atomic E-state index is -0.196. The number of nitrogens with zero attached hydrogens (tertiary/aromatic N) is 1. The van der Waals surface area contributed by atoms with Crippen molar-refractivity contribution in [2.24, 2.45) is 0 Å². The summed E-state index contributed by atoms with van der Waals surface area (Å²) in [6.45, 7) is 3.22. The van der Waals surface area contributed by atoms with Crippen LogP contribution in [0.5, 0.6) is 0 Å². The van der Waals surface area contributed by atoms with Crippen molar-refractivity contribution in [3.05, 3.63) is 24.2 Å². The molecule has 4 nitrogen and oxygen atoms in total. The van der Waals surface area contributed by atoms with Gasteiger partial charge in [0.15, 0.2) is 0 Å². The van der Waals surface area contributed by atoms with Gasteiger partial charge in [-0.05, 0) is 20.0 Å². The average Bonchev–Trinajstić information content (AvgIpc) is 2.56. The normalized spacial score (nSPS) is 10.5. The maximum Gasteiger partial charge on any atom is 0.320 e. The van der Waals surface area contributed by atoms with Gasteiger partial charge in [0.2, 0.25) is 0 Å². The second-order valence-corrected chi connectivity index (χ2v) is 3.11. The van der Waals surface area contributed by atoms with Crippen LogP contribution in [0.4, 0.5) is 0 Å². The lowest BCUT2D eigenvalue weighted by molar-refractivity contribution is -0.144. The zero-order chi connectivity index (χ0) is 10.4. The molecule has 78 valence electrons. The largest absolute Gasteiger partial charge is 0.472 e. The molecule has 1 aromatic rings. The van der Waals surface area contributed by atoms with Gasteiger partial charge in [0, 0.05) is 12.1 Å². The number of carbonyl (C=O) groups is 1. The molecule has 14 heavy (non-hydrogen) atoms. The van der Waals surface area contributed by atoms with Gasteiger partial charge in [-0.25, -0.2) is 0 Å². The topological polar surface area (TPSA) is 42.7 Å². The third kappa shape index (κ3) is 3.62. The number of furan rings is 1. The summed E-state index contributed by atoms with van der Waals surface area (Å²) < 4.78 is 9.75. The molecule has 0 atom stereocenters. The maximum absolute atomic E-state index is 11.1. The van der Waals surface area contributed by atoms with E-state index < -0.39 is 0 Å². The Kier molecular flexibility index (Phi) is 4.19. The molecule has 0 saturated heterocycles. The fourth-order valence-electron chi connectivity index (χ4n) is 1.18. The zero-order valence-electron chi connectivity index (χ0n) is 8.53. The second kappa shape index (κ2) is 5.44. The van der Waals surface area contributed by atoms with Crippen LogP contribution >= 0.6 is 0 Å². The van der Waals surface area contributed by atoms with E-state index in [1.165, 1.54) is 0 Å². The van der Waals surface area contributed by atoms with Crippen LogP contribution in [0, 0.1) is 0 Å². The second-order valence-electron chi connectivity index (χ2n) is 3.11. The third-order valence-corrected chi connectivity index (χ3v) is 1.74. The van der Waals surface area contributed by atoms with Crippen molar-refractivity contribution < 1.29 is 13.9 Å². The van der Waals surface area contributed by atoms with Gasteiger partial charge in [-0.3, -0.25) is 9.69 Å². The fraction of sp³-hybridized carbons (Fsp3) is 0.500. The molecule has 0 unspecified atom stereocenters. The zero-order valence-corrected chi connectivity index (χ0v) is 8.53. The fourth-order valence-corrected chi connectivity index (χ4v) is 1.18. The van der Waals surface area contributed by atoms with Gasteiger partial charge in [0.25, 0.3) is 0 Å². The summed E-state index contributed by atoms with van der Waals surface area (Å²) in [6.07, 6.45) is 3.29. The van der Waals surface area contributed by atoms with Crippen LogP contribution < -0.4 is 0 Å². The number of hydrogen-bond acceptors (Lipinski definition) is 4. The lowest BCUT2D eigenvalue weighted by Gasteiger charge is -2.13. The van der Waals surface area contributed by atoms with Crippen molar-refractivity contribution in [1.29, 1.82) is 0 Å². The van der Waals surface area contributed by atoms with Crippen LogP contribution in [-0.4, -0.2) is 31.1 Å². The molecule has 0 amide bonds. The van der Waals surface area contributed by atoms with Crippen LogP contribution in [-0.2, 0) is 16.1 Å². The first-order valence-electron chi connectivity index (χ1n) is 4.57. The molecule has 1 heterocycles. The molecular weight excluding hydrogens is 182 g/mol. The van der Waals surface area contributed by atoms with Crippen molar-refractivity contribution in [2.45, 2.75) is 13.5 Å². The number of rotatable bonds is 5. The predicted molar refractivity (Wildman–Crippen MR) is 51.7 cm³/mol. The Morgan fingerprint density at radius 2 is 2.43 bits per heavy atom. The van der Waals surface area contributed by atoms with E-state index >= 15 is 0 Å². The molecule has 0 N–H and O–H groups in total. The smallest absolute Gasteiger partial charge is 0.320 e. The van der Waals surface area contributed by atoms with Crippen molar-refractivity contribution in [1.82, 2.24) is 4.90 Å². The summed E-state index contributed by atoms with van der Waals surface area (Å²) >= 11 is 0. The highest BCUT2D eigenvalue weighted by atomic mass is 16.5. The van der Waals surface area contributed by atoms with E-state index in [9.17, 15) is 4.79 Å². The Hall–Kier alpha value is -1.29. The monoisotopic (exact) mass is 197 g/mol. The van der Waals surface area contributed by atoms with Crippen molar-refractivity contribution in [3.63, 3.8) is 0 Å². The van der Waals surface area contributed by atoms with Crippen molar-refractivity contribution >= 4 is 5.97 Å². The summed E-state index contributed by atoms with van der Waals surface area (Å²) in [5.74, 6) is -0.196. The molecule has 0 aromatic carbocycles. The number of carbonyl (C=O) groups excluding carboxylic acids is 1. The van der Waals surface area contributed by atoms with Gasteiger partial charge in [-0.15, -0.1) is 0 Å². The van der Waals surface area contributed by atoms with E-state index in [4.69, 9.17) is 9.15 Å². The Morgan fingerprint density at radius 3 is 3.00 bits per heavy atom. The molecule has 1 rings (SSSR count). The van der Waals surface area contributed by atoms with Crippen molar-refractivity contribution in [3.8, 4) is 0 Å². The predicted octanol–water partition coefficient (Wildman–Crippen LogP) is 1.27. The molecule has 4 heteroatoms. The van der Waals surface area contributed by atoms with E-state index in [1.54, 1.807) is 19.5 Å². The number of hydrogen-bond donors (Lipinski definition) is 0. The standard InChI is InChI=1S/C10H15NO3/c1-3-14-10(12)7-11(2)6-9-4-5-13-8-9/h4-5,8H,3,6-7H2,1-2H3. The molecule has 0 radical (unpaired) electrons. The Morgan fingerprint density at radius 1 is 1.64 bits per heavy atom. The van der Waals surface area contributed by atoms with Crippen molar-refractivity contribution in [2.75, 3.05) is 20.2 Å². The highest BCUT2D eigenvalue weighted by Crippen LogP contribution is 2.03. The van der Waals surface area contributed by atoms with Crippen LogP contribution in [0.2, 0.25) is 0 Å². The van der Waals surface area contributed by atoms with Gasteiger partial charge in [0.1, 0.15) is 0 Å². The molecule has 0 saturated carbocycles. The van der Waals surface area contributed by atoms with Gasteiger partial charge < -0.3 is 9.15 Å². The Balaban J connectivity index is 2.29. The van der Waals surface area contributed by atoms with E-state index in [0.29, 0.717) is 19.7 Å². The minimum Gasteiger partial charge on any atom is -0.472 e. The van der Waals surface area contributed by atoms with Gasteiger partial charge in [-0.2, -0.15) is 0 Å². The van der Waals surface area contributed by atoms with E-state index in [-0.39, 0.29) is 5.97 Å². The lowest BCUT2D eigenvalue weighted by atomic mass is 10.3. The summed E-state index contributed by atoms with van der Waals surface area (Å²) in [6, 6.07) is 1.88. The third-order valence-electron chi connectivity index (χ3n) is 1.74. The first-order valence-corrected chi connectivity index (χ1v) is 4.57. The number of esters is 1. The quantitative estimate of drug-likeness (QED) is 0.667. The van der Waals surface area contributed by atoms with E-state index in [2.05, 4.69) is 0 Å². The van der Waals surface area contributed by atoms with Crippen LogP contribution in [0.25, 0.3) is 0 Å². The molecule has 0 aliphatic carbocycles. The minimum absolute atomic E-state index is 0.196. The van der Waals surface area contributed by atoms with Gasteiger partial charge in [-0.1, -0.05) is 0 Å². The Labute approximate surface area is 83.5 Å². The molecule has 0 aliphatic heterocycles. The summed E-state index contributed by atoms with van der Waals surface area (Å²) in [7, 11) is 1.86. The molecule has 0 bridgehead atoms. The van der Waals surface area contributed by atoms with Gasteiger partial charge in [0.05, 0.1) is 25.7 Å². The van der Waals surface area contributed by atoms with Crippen LogP contribution in [0.1, 0.15) is 12.5 Å². The molecule has 0 fully saturated rings. The lowest BCUT2D eigenvalue weighted by Crippen LogP contribution is -2.26. The van der Waals surface area contributed by atoms with Crippen LogP contribution in [0.3, 0.4) is 0 Å². The molecule has 0 spiro atoms. The molecule has 1 aromatic heterocycles. The highest BCUT2D eigenvalue weighted by Gasteiger charge is 2.07. The first kappa shape index (κ1) is 10.8. The number of ether oxygens (including phenoxy) is 1. The highest BCUT2D eigenvalue weighted by molar-refractivity contribution is 5.71. The summed E-state index contributed by atoms with van der Waals surface area (Å²) in [4.78, 5) is 13.0. The van der Waals surface area contributed by atoms with Crippen LogP contribution in [0.15, 0.2) is 23.0 Å². The average molecular weight is 197 g/mol. The Bertz CT molecular complexity index is 269. The van der Waals surface area contributed by atoms with E-state index in [1.807, 2.05) is 18.0 Å².